The molecule has 0 spiro atoms. The average Bonchev–Trinajstić information content (AvgIpc) is 3.46. The van der Waals surface area contributed by atoms with Crippen molar-refractivity contribution in [3.05, 3.63) is 36.4 Å². The quantitative estimate of drug-likeness (QED) is 0.710. The molecule has 1 aliphatic carbocycles. The number of aromatic nitrogens is 1. The molecule has 6 nitrogen and oxygen atoms in total. The number of methoxy groups -OCH3 is 1. The fourth-order valence-corrected chi connectivity index (χ4v) is 4.65. The standard InChI is InChI=1S/C24H33N3O3/c1-29-21-8-6-19(7-9-21)22-16-25-24(30-22)11-10-23(28)26-20-12-14-27(15-13-20)17-18-4-2-3-5-18/h6-9,16,18,20H,2-5,10-15,17H2,1H3,(H,26,28). The average molecular weight is 412 g/mol. The summed E-state index contributed by atoms with van der Waals surface area (Å²) in [5.41, 5.74) is 0.948. The smallest absolute Gasteiger partial charge is 0.220 e. The Morgan fingerprint density at radius 3 is 2.60 bits per heavy atom. The van der Waals surface area contributed by atoms with E-state index in [0.717, 1.165) is 43.2 Å². The summed E-state index contributed by atoms with van der Waals surface area (Å²) in [5, 5.41) is 3.21. The third-order valence-corrected chi connectivity index (χ3v) is 6.44. The maximum absolute atomic E-state index is 12.4. The van der Waals surface area contributed by atoms with Gasteiger partial charge in [-0.2, -0.15) is 0 Å². The molecule has 1 N–H and O–H groups in total. The van der Waals surface area contributed by atoms with Crippen molar-refractivity contribution < 1.29 is 13.9 Å². The molecule has 2 heterocycles. The topological polar surface area (TPSA) is 67.6 Å². The van der Waals surface area contributed by atoms with Crippen LogP contribution in [0, 0.1) is 5.92 Å². The second-order valence-corrected chi connectivity index (χ2v) is 8.64. The first kappa shape index (κ1) is 20.9. The molecule has 162 valence electrons. The Hall–Kier alpha value is -2.34. The molecule has 1 saturated carbocycles. The molecule has 1 amide bonds. The monoisotopic (exact) mass is 411 g/mol. The highest BCUT2D eigenvalue weighted by Crippen LogP contribution is 2.27. The summed E-state index contributed by atoms with van der Waals surface area (Å²) < 4.78 is 11.0. The third kappa shape index (κ3) is 5.63. The maximum Gasteiger partial charge on any atom is 0.220 e. The fraction of sp³-hybridized carbons (Fsp3) is 0.583. The van der Waals surface area contributed by atoms with Crippen LogP contribution >= 0.6 is 0 Å². The first-order chi connectivity index (χ1) is 14.7. The van der Waals surface area contributed by atoms with Crippen LogP contribution in [0.2, 0.25) is 0 Å². The van der Waals surface area contributed by atoms with Crippen molar-refractivity contribution in [1.29, 1.82) is 0 Å². The molecule has 0 bridgehead atoms. The van der Waals surface area contributed by atoms with Crippen molar-refractivity contribution in [2.45, 2.75) is 57.4 Å². The van der Waals surface area contributed by atoms with E-state index >= 15 is 0 Å². The summed E-state index contributed by atoms with van der Waals surface area (Å²) in [6.07, 6.45) is 10.4. The van der Waals surface area contributed by atoms with Gasteiger partial charge in [-0.05, 0) is 55.9 Å². The zero-order valence-corrected chi connectivity index (χ0v) is 17.9. The number of hydrogen-bond donors (Lipinski definition) is 1. The molecule has 1 aromatic carbocycles. The molecule has 1 aromatic heterocycles. The number of carbonyl (C=O) groups is 1. The number of aryl methyl sites for hydroxylation is 1. The highest BCUT2D eigenvalue weighted by atomic mass is 16.5. The van der Waals surface area contributed by atoms with Gasteiger partial charge in [0.1, 0.15) is 5.75 Å². The van der Waals surface area contributed by atoms with E-state index in [2.05, 4.69) is 15.2 Å². The largest absolute Gasteiger partial charge is 0.497 e. The molecule has 30 heavy (non-hydrogen) atoms. The Balaban J connectivity index is 1.17. The van der Waals surface area contributed by atoms with E-state index in [-0.39, 0.29) is 5.91 Å². The highest BCUT2D eigenvalue weighted by Gasteiger charge is 2.24. The second kappa shape index (κ2) is 10.1. The van der Waals surface area contributed by atoms with E-state index in [1.807, 2.05) is 24.3 Å². The number of benzene rings is 1. The van der Waals surface area contributed by atoms with Gasteiger partial charge in [-0.1, -0.05) is 12.8 Å². The summed E-state index contributed by atoms with van der Waals surface area (Å²) in [6, 6.07) is 7.97. The zero-order valence-electron chi connectivity index (χ0n) is 17.9. The van der Waals surface area contributed by atoms with Gasteiger partial charge < -0.3 is 19.4 Å². The number of ether oxygens (including phenoxy) is 1. The minimum Gasteiger partial charge on any atom is -0.497 e. The van der Waals surface area contributed by atoms with Gasteiger partial charge in [0.05, 0.1) is 13.3 Å². The number of oxazole rings is 1. The number of hydrogen-bond acceptors (Lipinski definition) is 5. The molecular formula is C24H33N3O3. The van der Waals surface area contributed by atoms with Gasteiger partial charge in [-0.15, -0.1) is 0 Å². The molecule has 2 aromatic rings. The van der Waals surface area contributed by atoms with Gasteiger partial charge in [-0.3, -0.25) is 4.79 Å². The van der Waals surface area contributed by atoms with Gasteiger partial charge >= 0.3 is 0 Å². The maximum atomic E-state index is 12.4. The lowest BCUT2D eigenvalue weighted by atomic mass is 10.0. The van der Waals surface area contributed by atoms with Crippen molar-refractivity contribution in [3.8, 4) is 17.1 Å². The van der Waals surface area contributed by atoms with Crippen LogP contribution < -0.4 is 10.1 Å². The Morgan fingerprint density at radius 2 is 1.90 bits per heavy atom. The highest BCUT2D eigenvalue weighted by molar-refractivity contribution is 5.76. The van der Waals surface area contributed by atoms with Crippen LogP contribution in [0.5, 0.6) is 5.75 Å². The second-order valence-electron chi connectivity index (χ2n) is 8.64. The summed E-state index contributed by atoms with van der Waals surface area (Å²) in [5.74, 6) is 3.11. The summed E-state index contributed by atoms with van der Waals surface area (Å²) >= 11 is 0. The fourth-order valence-electron chi connectivity index (χ4n) is 4.65. The summed E-state index contributed by atoms with van der Waals surface area (Å²) in [7, 11) is 1.65. The predicted octanol–water partition coefficient (Wildman–Crippen LogP) is 4.05. The molecule has 0 unspecified atom stereocenters. The molecule has 2 aliphatic rings. The predicted molar refractivity (Wildman–Crippen MR) is 116 cm³/mol. The van der Waals surface area contributed by atoms with E-state index in [0.29, 0.717) is 30.5 Å². The Bertz CT molecular complexity index is 803. The Labute approximate surface area is 179 Å². The minimum absolute atomic E-state index is 0.0911. The number of nitrogens with one attached hydrogen (secondary N) is 1. The van der Waals surface area contributed by atoms with Crippen LogP contribution in [0.1, 0.15) is 50.8 Å². The van der Waals surface area contributed by atoms with Crippen molar-refractivity contribution in [2.75, 3.05) is 26.7 Å². The number of likely N-dealkylation sites (tertiary alicyclic amines) is 1. The van der Waals surface area contributed by atoms with Gasteiger partial charge in [0, 0.05) is 44.1 Å². The SMILES string of the molecule is COc1ccc(-c2cnc(CCC(=O)NC3CCN(CC4CCCC4)CC3)o2)cc1. The zero-order chi connectivity index (χ0) is 20.8. The van der Waals surface area contributed by atoms with E-state index in [9.17, 15) is 4.79 Å². The van der Waals surface area contributed by atoms with Gasteiger partial charge in [-0.25, -0.2) is 4.98 Å². The number of piperidine rings is 1. The van der Waals surface area contributed by atoms with Crippen molar-refractivity contribution >= 4 is 5.91 Å². The normalized spacial score (nSPS) is 18.6. The van der Waals surface area contributed by atoms with Crippen LogP contribution in [0.25, 0.3) is 11.3 Å². The Kier molecular flexibility index (Phi) is 7.05. The van der Waals surface area contributed by atoms with E-state index in [1.54, 1.807) is 13.3 Å². The first-order valence-electron chi connectivity index (χ1n) is 11.3. The van der Waals surface area contributed by atoms with Gasteiger partial charge in [0.2, 0.25) is 5.91 Å². The van der Waals surface area contributed by atoms with Crippen LogP contribution in [0.3, 0.4) is 0 Å². The van der Waals surface area contributed by atoms with Crippen molar-refractivity contribution in [1.82, 2.24) is 15.2 Å². The number of amides is 1. The van der Waals surface area contributed by atoms with Crippen molar-refractivity contribution in [3.63, 3.8) is 0 Å². The lowest BCUT2D eigenvalue weighted by molar-refractivity contribution is -0.122. The van der Waals surface area contributed by atoms with Crippen LogP contribution in [-0.2, 0) is 11.2 Å². The molecule has 2 fully saturated rings. The van der Waals surface area contributed by atoms with E-state index < -0.39 is 0 Å². The van der Waals surface area contributed by atoms with Crippen LogP contribution in [0.4, 0.5) is 0 Å². The van der Waals surface area contributed by atoms with Gasteiger partial charge in [0.25, 0.3) is 0 Å². The molecule has 1 aliphatic heterocycles. The Morgan fingerprint density at radius 1 is 1.17 bits per heavy atom. The molecule has 0 radical (unpaired) electrons. The lowest BCUT2D eigenvalue weighted by Crippen LogP contribution is -2.45. The molecule has 6 heteroatoms. The van der Waals surface area contributed by atoms with Gasteiger partial charge in [0.15, 0.2) is 11.7 Å². The van der Waals surface area contributed by atoms with Crippen molar-refractivity contribution in [2.24, 2.45) is 5.92 Å². The summed E-state index contributed by atoms with van der Waals surface area (Å²) in [4.78, 5) is 19.3. The minimum atomic E-state index is 0.0911. The van der Waals surface area contributed by atoms with E-state index in [4.69, 9.17) is 9.15 Å². The van der Waals surface area contributed by atoms with Crippen LogP contribution in [-0.4, -0.2) is 48.6 Å². The number of carbonyl (C=O) groups excluding carboxylic acids is 1. The number of nitrogens with zero attached hydrogens (tertiary/aromatic N) is 2. The third-order valence-electron chi connectivity index (χ3n) is 6.44. The first-order valence-corrected chi connectivity index (χ1v) is 11.3. The number of rotatable bonds is 8. The molecule has 4 rings (SSSR count). The molecule has 1 saturated heterocycles. The summed E-state index contributed by atoms with van der Waals surface area (Å²) in [6.45, 7) is 3.46. The van der Waals surface area contributed by atoms with Crippen LogP contribution in [0.15, 0.2) is 34.9 Å². The molecule has 0 atom stereocenters. The van der Waals surface area contributed by atoms with E-state index in [1.165, 1.54) is 32.2 Å². The lowest BCUT2D eigenvalue weighted by Gasteiger charge is -2.33. The molecular weight excluding hydrogens is 378 g/mol.